The molecule has 0 bridgehead atoms. The smallest absolute Gasteiger partial charge is 0.165 e. The maximum Gasteiger partial charge on any atom is 0.165 e. The highest BCUT2D eigenvalue weighted by atomic mass is 19.1. The molecule has 1 atom stereocenters. The highest BCUT2D eigenvalue weighted by molar-refractivity contribution is 5.47. The van der Waals surface area contributed by atoms with Gasteiger partial charge in [-0.2, -0.15) is 0 Å². The molecule has 1 unspecified atom stereocenters. The van der Waals surface area contributed by atoms with Crippen molar-refractivity contribution in [1.82, 2.24) is 0 Å². The van der Waals surface area contributed by atoms with Gasteiger partial charge in [0.15, 0.2) is 11.6 Å². The van der Waals surface area contributed by atoms with Crippen molar-refractivity contribution in [2.45, 2.75) is 13.0 Å². The SMILES string of the molecule is Cc1ccc(NC(CO)c2ccc(O)c(F)c2)cc1. The molecule has 3 nitrogen and oxygen atoms in total. The maximum absolute atomic E-state index is 13.3. The fraction of sp³-hybridized carbons (Fsp3) is 0.200. The molecular weight excluding hydrogens is 245 g/mol. The first-order valence-corrected chi connectivity index (χ1v) is 6.02. The van der Waals surface area contributed by atoms with Crippen LogP contribution in [0.4, 0.5) is 10.1 Å². The van der Waals surface area contributed by atoms with Crippen LogP contribution in [0.15, 0.2) is 42.5 Å². The average molecular weight is 261 g/mol. The molecule has 2 aromatic rings. The Balaban J connectivity index is 2.19. The van der Waals surface area contributed by atoms with Crippen LogP contribution >= 0.6 is 0 Å². The molecule has 19 heavy (non-hydrogen) atoms. The summed E-state index contributed by atoms with van der Waals surface area (Å²) >= 11 is 0. The Morgan fingerprint density at radius 3 is 2.42 bits per heavy atom. The number of phenols is 1. The largest absolute Gasteiger partial charge is 0.505 e. The number of hydrogen-bond donors (Lipinski definition) is 3. The van der Waals surface area contributed by atoms with E-state index < -0.39 is 17.6 Å². The Kier molecular flexibility index (Phi) is 4.02. The molecule has 0 fully saturated rings. The van der Waals surface area contributed by atoms with Gasteiger partial charge in [0.25, 0.3) is 0 Å². The highest BCUT2D eigenvalue weighted by Crippen LogP contribution is 2.24. The van der Waals surface area contributed by atoms with Gasteiger partial charge in [0.05, 0.1) is 12.6 Å². The summed E-state index contributed by atoms with van der Waals surface area (Å²) in [5, 5.41) is 21.7. The van der Waals surface area contributed by atoms with Crippen molar-refractivity contribution in [3.8, 4) is 5.75 Å². The van der Waals surface area contributed by atoms with Crippen molar-refractivity contribution >= 4 is 5.69 Å². The zero-order chi connectivity index (χ0) is 13.8. The second-order valence-corrected chi connectivity index (χ2v) is 4.46. The summed E-state index contributed by atoms with van der Waals surface area (Å²) in [5.41, 5.74) is 2.57. The number of aliphatic hydroxyl groups is 1. The van der Waals surface area contributed by atoms with Crippen molar-refractivity contribution in [3.05, 3.63) is 59.4 Å². The van der Waals surface area contributed by atoms with Crippen molar-refractivity contribution in [2.24, 2.45) is 0 Å². The van der Waals surface area contributed by atoms with Gasteiger partial charge in [0.1, 0.15) is 0 Å². The van der Waals surface area contributed by atoms with Crippen molar-refractivity contribution in [1.29, 1.82) is 0 Å². The number of rotatable bonds is 4. The third-order valence-corrected chi connectivity index (χ3v) is 2.95. The first-order valence-electron chi connectivity index (χ1n) is 6.02. The third-order valence-electron chi connectivity index (χ3n) is 2.95. The lowest BCUT2D eigenvalue weighted by molar-refractivity contribution is 0.276. The number of anilines is 1. The van der Waals surface area contributed by atoms with E-state index in [1.807, 2.05) is 31.2 Å². The normalized spacial score (nSPS) is 12.2. The first-order chi connectivity index (χ1) is 9.10. The van der Waals surface area contributed by atoms with E-state index in [0.717, 1.165) is 11.3 Å². The van der Waals surface area contributed by atoms with Crippen LogP contribution < -0.4 is 5.32 Å². The molecule has 0 aliphatic heterocycles. The number of hydrogen-bond acceptors (Lipinski definition) is 3. The standard InChI is InChI=1S/C15H16FNO2/c1-10-2-5-12(6-3-10)17-14(9-18)11-4-7-15(19)13(16)8-11/h2-8,14,17-19H,9H2,1H3. The molecule has 3 N–H and O–H groups in total. The number of aromatic hydroxyl groups is 1. The van der Waals surface area contributed by atoms with Crippen molar-refractivity contribution < 1.29 is 14.6 Å². The third kappa shape index (κ3) is 3.23. The summed E-state index contributed by atoms with van der Waals surface area (Å²) in [4.78, 5) is 0. The molecule has 4 heteroatoms. The number of halogens is 1. The molecule has 0 amide bonds. The van der Waals surface area contributed by atoms with E-state index in [-0.39, 0.29) is 6.61 Å². The molecule has 0 aromatic heterocycles. The number of nitrogens with one attached hydrogen (secondary N) is 1. The number of aliphatic hydroxyl groups excluding tert-OH is 1. The molecule has 0 aliphatic carbocycles. The highest BCUT2D eigenvalue weighted by Gasteiger charge is 2.12. The van der Waals surface area contributed by atoms with Gasteiger partial charge in [0, 0.05) is 5.69 Å². The van der Waals surface area contributed by atoms with Gasteiger partial charge in [-0.25, -0.2) is 4.39 Å². The minimum atomic E-state index is -0.693. The summed E-state index contributed by atoms with van der Waals surface area (Å²) in [5.74, 6) is -1.09. The molecule has 0 aliphatic rings. The Bertz CT molecular complexity index is 555. The number of phenolic OH excluding ortho intramolecular Hbond substituents is 1. The molecule has 0 heterocycles. The lowest BCUT2D eigenvalue weighted by Gasteiger charge is -2.18. The minimum Gasteiger partial charge on any atom is -0.505 e. The van der Waals surface area contributed by atoms with Crippen molar-refractivity contribution in [2.75, 3.05) is 11.9 Å². The quantitative estimate of drug-likeness (QED) is 0.793. The summed E-state index contributed by atoms with van der Waals surface area (Å²) in [6.07, 6.45) is 0. The predicted octanol–water partition coefficient (Wildman–Crippen LogP) is 2.99. The molecule has 0 saturated heterocycles. The summed E-state index contributed by atoms with van der Waals surface area (Å²) in [6.45, 7) is 1.82. The van der Waals surface area contributed by atoms with E-state index >= 15 is 0 Å². The summed E-state index contributed by atoms with van der Waals surface area (Å²) in [7, 11) is 0. The van der Waals surface area contributed by atoms with Crippen LogP contribution in [0, 0.1) is 12.7 Å². The van der Waals surface area contributed by atoms with Crippen LogP contribution in [0.5, 0.6) is 5.75 Å². The van der Waals surface area contributed by atoms with E-state index in [9.17, 15) is 9.50 Å². The monoisotopic (exact) mass is 261 g/mol. The van der Waals surface area contributed by atoms with Gasteiger partial charge in [-0.1, -0.05) is 23.8 Å². The van der Waals surface area contributed by atoms with Crippen LogP contribution in [0.25, 0.3) is 0 Å². The van der Waals surface area contributed by atoms with Gasteiger partial charge in [-0.05, 0) is 36.8 Å². The molecule has 0 spiro atoms. The Morgan fingerprint density at radius 1 is 1.16 bits per heavy atom. The van der Waals surface area contributed by atoms with Gasteiger partial charge in [0.2, 0.25) is 0 Å². The second kappa shape index (κ2) is 5.71. The molecule has 2 aromatic carbocycles. The second-order valence-electron chi connectivity index (χ2n) is 4.46. The van der Waals surface area contributed by atoms with E-state index in [1.165, 1.54) is 12.1 Å². The van der Waals surface area contributed by atoms with Gasteiger partial charge >= 0.3 is 0 Å². The molecule has 2 rings (SSSR count). The van der Waals surface area contributed by atoms with Crippen LogP contribution in [0.3, 0.4) is 0 Å². The minimum absolute atomic E-state index is 0.169. The first kappa shape index (κ1) is 13.4. The van der Waals surface area contributed by atoms with E-state index in [4.69, 9.17) is 5.11 Å². The molecule has 0 saturated carbocycles. The van der Waals surface area contributed by atoms with E-state index in [2.05, 4.69) is 5.32 Å². The van der Waals surface area contributed by atoms with Gasteiger partial charge in [-0.3, -0.25) is 0 Å². The fourth-order valence-electron chi connectivity index (χ4n) is 1.83. The van der Waals surface area contributed by atoms with Crippen LogP contribution in [0.2, 0.25) is 0 Å². The number of aryl methyl sites for hydroxylation is 1. The van der Waals surface area contributed by atoms with Crippen LogP contribution in [-0.2, 0) is 0 Å². The summed E-state index contributed by atoms with van der Waals surface area (Å²) in [6, 6.07) is 11.4. The van der Waals surface area contributed by atoms with Gasteiger partial charge in [-0.15, -0.1) is 0 Å². The van der Waals surface area contributed by atoms with Crippen molar-refractivity contribution in [3.63, 3.8) is 0 Å². The zero-order valence-electron chi connectivity index (χ0n) is 10.6. The van der Waals surface area contributed by atoms with E-state index in [0.29, 0.717) is 5.56 Å². The topological polar surface area (TPSA) is 52.5 Å². The number of benzene rings is 2. The molecular formula is C15H16FNO2. The summed E-state index contributed by atoms with van der Waals surface area (Å²) < 4.78 is 13.3. The lowest BCUT2D eigenvalue weighted by Crippen LogP contribution is -2.15. The Morgan fingerprint density at radius 2 is 1.84 bits per heavy atom. The molecule has 0 radical (unpaired) electrons. The Labute approximate surface area is 111 Å². The van der Waals surface area contributed by atoms with Gasteiger partial charge < -0.3 is 15.5 Å². The zero-order valence-corrected chi connectivity index (χ0v) is 10.6. The molecule has 100 valence electrons. The maximum atomic E-state index is 13.3. The van der Waals surface area contributed by atoms with Crippen LogP contribution in [0.1, 0.15) is 17.2 Å². The lowest BCUT2D eigenvalue weighted by atomic mass is 10.1. The van der Waals surface area contributed by atoms with Crippen LogP contribution in [-0.4, -0.2) is 16.8 Å². The average Bonchev–Trinajstić information content (AvgIpc) is 2.41. The predicted molar refractivity (Wildman–Crippen MR) is 72.7 cm³/mol. The van der Waals surface area contributed by atoms with E-state index in [1.54, 1.807) is 6.07 Å². The Hall–Kier alpha value is -2.07. The fourth-order valence-corrected chi connectivity index (χ4v) is 1.83.